The number of carbonyl (C=O) groups is 1. The molecule has 0 amide bonds. The monoisotopic (exact) mass is 486 g/mol. The molecule has 1 spiro atoms. The minimum Gasteiger partial charge on any atom is -0.497 e. The summed E-state index contributed by atoms with van der Waals surface area (Å²) in [6.07, 6.45) is 9.56. The first-order chi connectivity index (χ1) is 14.3. The van der Waals surface area contributed by atoms with Gasteiger partial charge < -0.3 is 13.9 Å². The average molecular weight is 488 g/mol. The molecule has 1 aromatic carbocycles. The Morgan fingerprint density at radius 1 is 1.20 bits per heavy atom. The van der Waals surface area contributed by atoms with Gasteiger partial charge in [0.1, 0.15) is 11.4 Å². The Morgan fingerprint density at radius 2 is 1.97 bits per heavy atom. The van der Waals surface area contributed by atoms with Crippen molar-refractivity contribution in [3.63, 3.8) is 0 Å². The van der Waals surface area contributed by atoms with E-state index in [1.807, 2.05) is 36.4 Å². The van der Waals surface area contributed by atoms with E-state index < -0.39 is 11.8 Å². The Balaban J connectivity index is 1.71. The number of ketones is 1. The minimum absolute atomic E-state index is 0.0732. The average Bonchev–Trinajstić information content (AvgIpc) is 2.72. The molecule has 8 heteroatoms. The molecule has 30 heavy (non-hydrogen) atoms. The third-order valence-electron chi connectivity index (χ3n) is 5.32. The van der Waals surface area contributed by atoms with Crippen molar-refractivity contribution < 1.29 is 18.7 Å². The summed E-state index contributed by atoms with van der Waals surface area (Å²) >= 11 is 18.1. The van der Waals surface area contributed by atoms with Crippen LogP contribution in [0, 0.1) is 0 Å². The van der Waals surface area contributed by atoms with Gasteiger partial charge >= 0.3 is 6.25 Å². The van der Waals surface area contributed by atoms with Gasteiger partial charge in [0.25, 0.3) is 0 Å². The van der Waals surface area contributed by atoms with Crippen LogP contribution in [0.4, 0.5) is 0 Å². The molecule has 1 aliphatic carbocycles. The minimum atomic E-state index is -3.29. The number of carbonyl (C=O) groups excluding carboxylic acids is 1. The molecule has 2 atom stereocenters. The lowest BCUT2D eigenvalue weighted by Gasteiger charge is -2.41. The number of ether oxygens (including phenoxy) is 2. The van der Waals surface area contributed by atoms with Crippen LogP contribution in [0.3, 0.4) is 0 Å². The maximum Gasteiger partial charge on any atom is 0.494 e. The van der Waals surface area contributed by atoms with Gasteiger partial charge in [-0.25, -0.2) is 0 Å². The summed E-state index contributed by atoms with van der Waals surface area (Å²) in [5.74, 6) is 0.701. The fourth-order valence-electron chi connectivity index (χ4n) is 3.68. The molecule has 0 saturated carbocycles. The van der Waals surface area contributed by atoms with Crippen LogP contribution in [0.2, 0.25) is 0 Å². The van der Waals surface area contributed by atoms with Crippen molar-refractivity contribution in [2.45, 2.75) is 43.8 Å². The van der Waals surface area contributed by atoms with E-state index in [2.05, 4.69) is 0 Å². The summed E-state index contributed by atoms with van der Waals surface area (Å²) in [6, 6.07) is 7.50. The van der Waals surface area contributed by atoms with Gasteiger partial charge in [-0.1, -0.05) is 76.4 Å². The molecule has 1 aliphatic heterocycles. The molecule has 2 unspecified atom stereocenters. The van der Waals surface area contributed by atoms with Gasteiger partial charge in [0.05, 0.1) is 13.2 Å². The van der Waals surface area contributed by atoms with Gasteiger partial charge in [-0.05, 0) is 42.7 Å². The Bertz CT molecular complexity index is 830. The van der Waals surface area contributed by atoms with E-state index >= 15 is 0 Å². The highest BCUT2D eigenvalue weighted by atomic mass is 35.8. The van der Waals surface area contributed by atoms with E-state index in [9.17, 15) is 4.79 Å². The predicted molar refractivity (Wildman–Crippen MR) is 124 cm³/mol. The molecule has 0 radical (unpaired) electrons. The second-order valence-corrected chi connectivity index (χ2v) is 15.0. The van der Waals surface area contributed by atoms with E-state index in [-0.39, 0.29) is 11.9 Å². The zero-order valence-electron chi connectivity index (χ0n) is 16.8. The van der Waals surface area contributed by atoms with Crippen molar-refractivity contribution in [1.29, 1.82) is 0 Å². The third kappa shape index (κ3) is 6.46. The van der Waals surface area contributed by atoms with Crippen molar-refractivity contribution in [2.24, 2.45) is 0 Å². The third-order valence-corrected chi connectivity index (χ3v) is 6.67. The molecule has 1 aromatic rings. The molecule has 1 fully saturated rings. The first-order valence-electron chi connectivity index (χ1n) is 9.96. The molecule has 1 saturated heterocycles. The van der Waals surface area contributed by atoms with Crippen LogP contribution in [0.25, 0.3) is 6.08 Å². The van der Waals surface area contributed by atoms with Gasteiger partial charge in [0.2, 0.25) is 0 Å². The van der Waals surface area contributed by atoms with Crippen molar-refractivity contribution in [1.82, 2.24) is 0 Å². The second-order valence-electron chi connectivity index (χ2n) is 7.37. The number of rotatable bonds is 6. The van der Waals surface area contributed by atoms with E-state index in [4.69, 9.17) is 47.1 Å². The van der Waals surface area contributed by atoms with Gasteiger partial charge in [0, 0.05) is 18.6 Å². The number of hydrogen-bond acceptors (Lipinski definition) is 4. The van der Waals surface area contributed by atoms with Crippen molar-refractivity contribution in [2.75, 3.05) is 13.7 Å². The Kier molecular flexibility index (Phi) is 8.24. The Hall–Kier alpha value is -1.08. The predicted octanol–water partition coefficient (Wildman–Crippen LogP) is 6.03. The zero-order valence-corrected chi connectivity index (χ0v) is 20.1. The number of allylic oxidation sites excluding steroid dienone is 3. The molecule has 3 rings (SSSR count). The topological polar surface area (TPSA) is 44.8 Å². The quantitative estimate of drug-likeness (QED) is 0.279. The summed E-state index contributed by atoms with van der Waals surface area (Å²) in [5, 5.41) is 0. The standard InChI is InChI=1S/C22H25Cl3O4Si/c1-27-19-9-6-17(7-10-19)8-11-20(26)18-12-14-22(15-13-18)21(29-30(23,24)25)5-3-2-4-16-28-22/h6-14,21H,2-5,15-16H2,1H3/b11-8+. The molecule has 4 nitrogen and oxygen atoms in total. The van der Waals surface area contributed by atoms with Crippen LogP contribution in [-0.2, 0) is 14.0 Å². The normalized spacial score (nSPS) is 25.1. The number of benzene rings is 1. The van der Waals surface area contributed by atoms with E-state index in [1.54, 1.807) is 25.3 Å². The lowest BCUT2D eigenvalue weighted by atomic mass is 9.83. The van der Waals surface area contributed by atoms with Gasteiger partial charge in [0.15, 0.2) is 5.78 Å². The smallest absolute Gasteiger partial charge is 0.494 e. The van der Waals surface area contributed by atoms with Crippen LogP contribution in [-0.4, -0.2) is 37.5 Å². The summed E-state index contributed by atoms with van der Waals surface area (Å²) < 4.78 is 17.2. The molecule has 0 bridgehead atoms. The lowest BCUT2D eigenvalue weighted by Crippen LogP contribution is -2.49. The molecular weight excluding hydrogens is 463 g/mol. The SMILES string of the molecule is COc1ccc(/C=C/C(=O)C2=CCC3(C=C2)OCCCCCC3O[Si](Cl)(Cl)Cl)cc1. The van der Waals surface area contributed by atoms with Crippen molar-refractivity contribution in [3.8, 4) is 5.75 Å². The van der Waals surface area contributed by atoms with Gasteiger partial charge in [-0.15, -0.1) is 0 Å². The zero-order chi connectivity index (χ0) is 21.6. The molecule has 1 heterocycles. The molecular formula is C22H25Cl3O4Si. The van der Waals surface area contributed by atoms with E-state index in [1.165, 1.54) is 0 Å². The van der Waals surface area contributed by atoms with Crippen LogP contribution in [0.15, 0.2) is 54.1 Å². The second kappa shape index (κ2) is 10.5. The highest BCUT2D eigenvalue weighted by Crippen LogP contribution is 2.38. The van der Waals surface area contributed by atoms with Crippen LogP contribution < -0.4 is 4.74 Å². The fraction of sp³-hybridized carbons (Fsp3) is 0.409. The van der Waals surface area contributed by atoms with Gasteiger partial charge in [-0.2, -0.15) is 0 Å². The lowest BCUT2D eigenvalue weighted by molar-refractivity contribution is -0.111. The highest BCUT2D eigenvalue weighted by molar-refractivity contribution is 7.62. The maximum atomic E-state index is 12.6. The Morgan fingerprint density at radius 3 is 2.60 bits per heavy atom. The van der Waals surface area contributed by atoms with Crippen LogP contribution in [0.5, 0.6) is 5.75 Å². The largest absolute Gasteiger partial charge is 0.497 e. The number of hydrogen-bond donors (Lipinski definition) is 0. The van der Waals surface area contributed by atoms with Crippen LogP contribution >= 0.6 is 33.2 Å². The summed E-state index contributed by atoms with van der Waals surface area (Å²) in [4.78, 5) is 12.6. The highest BCUT2D eigenvalue weighted by Gasteiger charge is 2.44. The molecule has 0 N–H and O–H groups in total. The first kappa shape index (κ1) is 23.6. The molecule has 162 valence electrons. The van der Waals surface area contributed by atoms with E-state index in [0.29, 0.717) is 18.6 Å². The molecule has 2 aliphatic rings. The fourth-order valence-corrected chi connectivity index (χ4v) is 5.28. The number of methoxy groups -OCH3 is 1. The van der Waals surface area contributed by atoms with Crippen molar-refractivity contribution >= 4 is 51.3 Å². The Labute approximate surface area is 192 Å². The summed E-state index contributed by atoms with van der Waals surface area (Å²) in [6.45, 7) is 0.611. The van der Waals surface area contributed by atoms with Crippen LogP contribution in [0.1, 0.15) is 37.7 Å². The van der Waals surface area contributed by atoms with Gasteiger partial charge in [-0.3, -0.25) is 4.79 Å². The van der Waals surface area contributed by atoms with Crippen molar-refractivity contribution in [3.05, 3.63) is 59.7 Å². The molecule has 0 aromatic heterocycles. The summed E-state index contributed by atoms with van der Waals surface area (Å²) in [7, 11) is 1.62. The maximum absolute atomic E-state index is 12.6. The summed E-state index contributed by atoms with van der Waals surface area (Å²) in [5.41, 5.74) is 0.826. The number of halogens is 3. The first-order valence-corrected chi connectivity index (χ1v) is 14.9. The van der Waals surface area contributed by atoms with E-state index in [0.717, 1.165) is 37.0 Å².